The normalized spacial score (nSPS) is 13.7. The minimum absolute atomic E-state index is 0.151. The molecule has 0 spiro atoms. The summed E-state index contributed by atoms with van der Waals surface area (Å²) < 4.78 is 11.4. The van der Waals surface area contributed by atoms with E-state index >= 15 is 0 Å². The zero-order chi connectivity index (χ0) is 25.8. The third-order valence-corrected chi connectivity index (χ3v) is 7.11. The molecule has 5 heterocycles. The van der Waals surface area contributed by atoms with Crippen LogP contribution < -0.4 is 21.2 Å². The predicted molar refractivity (Wildman–Crippen MR) is 143 cm³/mol. The van der Waals surface area contributed by atoms with Gasteiger partial charge in [0, 0.05) is 73.4 Å². The quantitative estimate of drug-likeness (QED) is 0.387. The zero-order valence-electron chi connectivity index (χ0n) is 21.2. The summed E-state index contributed by atoms with van der Waals surface area (Å²) in [6, 6.07) is 9.83. The Labute approximate surface area is 212 Å². The van der Waals surface area contributed by atoms with E-state index in [1.54, 1.807) is 38.8 Å². The van der Waals surface area contributed by atoms with Gasteiger partial charge >= 0.3 is 0 Å². The summed E-state index contributed by atoms with van der Waals surface area (Å²) in [6.07, 6.45) is 7.26. The van der Waals surface area contributed by atoms with E-state index in [1.807, 2.05) is 49.0 Å². The Hall–Kier alpha value is -4.37. The molecule has 4 aromatic heterocycles. The number of hydrogen-bond donors (Lipinski definition) is 2. The van der Waals surface area contributed by atoms with Gasteiger partial charge in [0.25, 0.3) is 11.1 Å². The molecule has 0 amide bonds. The minimum atomic E-state index is -0.169. The molecule has 1 aromatic carbocycles. The molecule has 1 aliphatic rings. The first kappa shape index (κ1) is 23.1. The minimum Gasteiger partial charge on any atom is -0.455 e. The lowest BCUT2D eigenvalue weighted by Gasteiger charge is -2.27. The summed E-state index contributed by atoms with van der Waals surface area (Å²) in [5, 5.41) is 8.49. The summed E-state index contributed by atoms with van der Waals surface area (Å²) in [4.78, 5) is 29.2. The summed E-state index contributed by atoms with van der Waals surface area (Å²) in [6.45, 7) is 5.77. The molecular formula is C28H28N6O3. The van der Waals surface area contributed by atoms with Crippen molar-refractivity contribution in [2.24, 2.45) is 14.1 Å². The van der Waals surface area contributed by atoms with Crippen LogP contribution >= 0.6 is 0 Å². The van der Waals surface area contributed by atoms with Gasteiger partial charge in [-0.2, -0.15) is 5.10 Å². The molecule has 6 rings (SSSR count). The predicted octanol–water partition coefficient (Wildman–Crippen LogP) is 3.65. The lowest BCUT2D eigenvalue weighted by atomic mass is 10.0. The lowest BCUT2D eigenvalue weighted by Crippen LogP contribution is -2.43. The maximum Gasteiger partial charge on any atom is 0.274 e. The van der Waals surface area contributed by atoms with Crippen LogP contribution in [0.1, 0.15) is 17.2 Å². The number of hydrogen-bond acceptors (Lipinski definition) is 5. The van der Waals surface area contributed by atoms with Crippen LogP contribution in [0.25, 0.3) is 33.3 Å². The van der Waals surface area contributed by atoms with Gasteiger partial charge in [0.1, 0.15) is 11.3 Å². The van der Waals surface area contributed by atoms with Gasteiger partial charge in [0.15, 0.2) is 5.75 Å². The number of fused-ring (bicyclic) bond motifs is 1. The van der Waals surface area contributed by atoms with Crippen LogP contribution in [0.2, 0.25) is 0 Å². The van der Waals surface area contributed by atoms with Crippen molar-refractivity contribution in [2.75, 3.05) is 13.1 Å². The smallest absolute Gasteiger partial charge is 0.274 e. The number of pyridine rings is 2. The second-order valence-corrected chi connectivity index (χ2v) is 9.78. The van der Waals surface area contributed by atoms with Crippen LogP contribution in [0.15, 0.2) is 64.7 Å². The molecule has 5 aromatic rings. The fraction of sp³-hybridized carbons (Fsp3) is 0.250. The highest BCUT2D eigenvalue weighted by atomic mass is 16.5. The number of aryl methyl sites for hydroxylation is 4. The van der Waals surface area contributed by atoms with Crippen molar-refractivity contribution in [3.63, 3.8) is 0 Å². The molecule has 188 valence electrons. The Kier molecular flexibility index (Phi) is 5.38. The molecule has 0 saturated carbocycles. The third-order valence-electron chi connectivity index (χ3n) is 7.11. The maximum atomic E-state index is 13.1. The second kappa shape index (κ2) is 8.63. The monoisotopic (exact) mass is 496 g/mol. The molecule has 9 nitrogen and oxygen atoms in total. The van der Waals surface area contributed by atoms with Crippen LogP contribution in [-0.4, -0.2) is 37.0 Å². The Morgan fingerprint density at radius 1 is 0.973 bits per heavy atom. The third kappa shape index (κ3) is 3.88. The van der Waals surface area contributed by atoms with Crippen LogP contribution in [0.5, 0.6) is 11.5 Å². The second-order valence-electron chi connectivity index (χ2n) is 9.78. The molecule has 1 fully saturated rings. The molecule has 0 aliphatic carbocycles. The number of benzene rings is 1. The Balaban J connectivity index is 1.54. The van der Waals surface area contributed by atoms with E-state index < -0.39 is 0 Å². The van der Waals surface area contributed by atoms with Gasteiger partial charge in [-0.25, -0.2) is 0 Å². The fourth-order valence-corrected chi connectivity index (χ4v) is 4.81. The van der Waals surface area contributed by atoms with Crippen LogP contribution in [0.4, 0.5) is 0 Å². The highest BCUT2D eigenvalue weighted by molar-refractivity contribution is 5.98. The van der Waals surface area contributed by atoms with Crippen molar-refractivity contribution in [1.82, 2.24) is 29.2 Å². The summed E-state index contributed by atoms with van der Waals surface area (Å²) in [5.41, 5.74) is 5.17. The first-order chi connectivity index (χ1) is 17.8. The van der Waals surface area contributed by atoms with Crippen LogP contribution in [0.3, 0.4) is 0 Å². The maximum absolute atomic E-state index is 13.1. The average molecular weight is 497 g/mol. The molecule has 0 unspecified atom stereocenters. The number of ether oxygens (including phenoxy) is 1. The van der Waals surface area contributed by atoms with Gasteiger partial charge in [-0.15, -0.1) is 0 Å². The van der Waals surface area contributed by atoms with E-state index in [9.17, 15) is 9.59 Å². The molecule has 0 radical (unpaired) electrons. The number of nitrogens with zero attached hydrogens (tertiary/aromatic N) is 4. The number of para-hydroxylation sites is 1. The summed E-state index contributed by atoms with van der Waals surface area (Å²) >= 11 is 0. The lowest BCUT2D eigenvalue weighted by molar-refractivity contribution is 0.318. The highest BCUT2D eigenvalue weighted by Gasteiger charge is 2.22. The van der Waals surface area contributed by atoms with Crippen molar-refractivity contribution in [3.8, 4) is 33.9 Å². The molecule has 37 heavy (non-hydrogen) atoms. The van der Waals surface area contributed by atoms with Gasteiger partial charge < -0.3 is 24.2 Å². The molecule has 2 N–H and O–H groups in total. The van der Waals surface area contributed by atoms with E-state index in [1.165, 1.54) is 9.13 Å². The average Bonchev–Trinajstić information content (AvgIpc) is 3.48. The van der Waals surface area contributed by atoms with Crippen molar-refractivity contribution in [1.29, 1.82) is 0 Å². The molecule has 1 aliphatic heterocycles. The van der Waals surface area contributed by atoms with E-state index in [2.05, 4.69) is 15.4 Å². The Bertz CT molecular complexity index is 1760. The Morgan fingerprint density at radius 3 is 2.43 bits per heavy atom. The zero-order valence-corrected chi connectivity index (χ0v) is 21.2. The molecule has 9 heteroatoms. The number of aromatic nitrogens is 5. The van der Waals surface area contributed by atoms with E-state index in [-0.39, 0.29) is 11.1 Å². The van der Waals surface area contributed by atoms with Crippen molar-refractivity contribution >= 4 is 10.9 Å². The van der Waals surface area contributed by atoms with E-state index in [4.69, 9.17) is 4.74 Å². The fourth-order valence-electron chi connectivity index (χ4n) is 4.81. The largest absolute Gasteiger partial charge is 0.455 e. The number of rotatable bonds is 5. The van der Waals surface area contributed by atoms with Crippen LogP contribution in [0, 0.1) is 13.8 Å². The number of nitrogens with one attached hydrogen (secondary N) is 2. The van der Waals surface area contributed by atoms with Crippen molar-refractivity contribution in [3.05, 3.63) is 87.0 Å². The highest BCUT2D eigenvalue weighted by Crippen LogP contribution is 2.38. The van der Waals surface area contributed by atoms with Gasteiger partial charge in [-0.1, -0.05) is 18.2 Å². The molecule has 0 atom stereocenters. The van der Waals surface area contributed by atoms with Crippen molar-refractivity contribution < 1.29 is 4.74 Å². The molecule has 1 saturated heterocycles. The topological polar surface area (TPSA) is 98.9 Å². The van der Waals surface area contributed by atoms with Gasteiger partial charge in [0.2, 0.25) is 0 Å². The summed E-state index contributed by atoms with van der Waals surface area (Å²) in [7, 11) is 3.41. The molecular weight excluding hydrogens is 468 g/mol. The SMILES string of the molecule is Cc1cccc(C)c1Oc1cn(C)c(=O)cc1-c1cn(C)c(=O)c2[nH]c(-c3cnn(C4CNC4)c3)cc12. The van der Waals surface area contributed by atoms with E-state index in [0.29, 0.717) is 22.9 Å². The number of aromatic amines is 1. The van der Waals surface area contributed by atoms with Gasteiger partial charge in [0.05, 0.1) is 18.4 Å². The summed E-state index contributed by atoms with van der Waals surface area (Å²) in [5.74, 6) is 1.28. The van der Waals surface area contributed by atoms with Gasteiger partial charge in [-0.3, -0.25) is 14.3 Å². The Morgan fingerprint density at radius 2 is 1.73 bits per heavy atom. The van der Waals surface area contributed by atoms with Crippen LogP contribution in [-0.2, 0) is 14.1 Å². The van der Waals surface area contributed by atoms with E-state index in [0.717, 1.165) is 52.2 Å². The van der Waals surface area contributed by atoms with Crippen molar-refractivity contribution in [2.45, 2.75) is 19.9 Å². The van der Waals surface area contributed by atoms with Gasteiger partial charge in [-0.05, 0) is 31.0 Å². The first-order valence-corrected chi connectivity index (χ1v) is 12.2. The molecule has 0 bridgehead atoms. The standard InChI is InChI=1S/C28H28N6O3/c1-16-6-5-7-17(2)27(16)37-24-15-32(3)25(35)9-20(24)22-14-33(4)28(36)26-21(22)8-23(31-26)18-10-30-34(13-18)19-11-29-12-19/h5-10,13-15,19,29,31H,11-12H2,1-4H3. The number of H-pyrrole nitrogens is 1. The first-order valence-electron chi connectivity index (χ1n) is 12.2.